The van der Waals surface area contributed by atoms with Gasteiger partial charge < -0.3 is 19.9 Å². The van der Waals surface area contributed by atoms with E-state index in [1.54, 1.807) is 24.3 Å². The molecule has 0 unspecified atom stereocenters. The second kappa shape index (κ2) is 12.0. The maximum atomic E-state index is 12.7. The molecule has 1 heterocycles. The molecule has 0 radical (unpaired) electrons. The van der Waals surface area contributed by atoms with Crippen LogP contribution in [0.3, 0.4) is 0 Å². The Bertz CT molecular complexity index is 1170. The summed E-state index contributed by atoms with van der Waals surface area (Å²) in [7, 11) is 0. The minimum atomic E-state index is -0.879. The zero-order valence-electron chi connectivity index (χ0n) is 20.5. The van der Waals surface area contributed by atoms with Gasteiger partial charge >= 0.3 is 5.97 Å². The number of carbonyl (C=O) groups is 3. The fourth-order valence-corrected chi connectivity index (χ4v) is 4.35. The van der Waals surface area contributed by atoms with Gasteiger partial charge in [0.2, 0.25) is 0 Å². The second-order valence-electron chi connectivity index (χ2n) is 8.77. The van der Waals surface area contributed by atoms with Crippen LogP contribution in [0.5, 0.6) is 0 Å². The number of carbonyl (C=O) groups excluding carboxylic acids is 3. The van der Waals surface area contributed by atoms with E-state index in [9.17, 15) is 19.6 Å². The van der Waals surface area contributed by atoms with Crippen LogP contribution in [0.15, 0.2) is 35.9 Å². The molecule has 0 bridgehead atoms. The van der Waals surface area contributed by atoms with Crippen molar-refractivity contribution in [2.75, 3.05) is 11.9 Å². The number of benzene rings is 1. The first-order valence-corrected chi connectivity index (χ1v) is 12.0. The molecular formula is C27H32N4O4. The van der Waals surface area contributed by atoms with Crippen molar-refractivity contribution < 1.29 is 19.1 Å². The number of nitrogens with zero attached hydrogens (tertiary/aromatic N) is 2. The topological polar surface area (TPSA) is 113 Å². The maximum Gasteiger partial charge on any atom is 0.349 e. The van der Waals surface area contributed by atoms with Crippen LogP contribution in [0, 0.1) is 25.2 Å². The van der Waals surface area contributed by atoms with Gasteiger partial charge in [0.1, 0.15) is 11.6 Å². The average molecular weight is 477 g/mol. The Kier molecular flexibility index (Phi) is 8.85. The lowest BCUT2D eigenvalue weighted by Crippen LogP contribution is -2.33. The Labute approximate surface area is 206 Å². The van der Waals surface area contributed by atoms with E-state index in [1.165, 1.54) is 6.08 Å². The molecule has 0 aliphatic heterocycles. The molecule has 3 rings (SSSR count). The quantitative estimate of drug-likeness (QED) is 0.319. The van der Waals surface area contributed by atoms with Crippen molar-refractivity contribution in [1.29, 1.82) is 5.26 Å². The summed E-state index contributed by atoms with van der Waals surface area (Å²) in [6, 6.07) is 10.6. The van der Waals surface area contributed by atoms with Gasteiger partial charge in [-0.25, -0.2) is 4.79 Å². The van der Waals surface area contributed by atoms with E-state index in [1.807, 2.05) is 26.0 Å². The molecule has 0 spiro atoms. The van der Waals surface area contributed by atoms with Crippen molar-refractivity contribution in [2.24, 2.45) is 0 Å². The van der Waals surface area contributed by atoms with Crippen molar-refractivity contribution in [3.8, 4) is 6.07 Å². The van der Waals surface area contributed by atoms with Gasteiger partial charge in [-0.1, -0.05) is 31.9 Å². The van der Waals surface area contributed by atoms with Gasteiger partial charge in [0.05, 0.1) is 11.3 Å². The number of anilines is 1. The van der Waals surface area contributed by atoms with Crippen LogP contribution in [0.1, 0.15) is 66.3 Å². The summed E-state index contributed by atoms with van der Waals surface area (Å²) in [6.45, 7) is 6.25. The van der Waals surface area contributed by atoms with Crippen molar-refractivity contribution in [3.63, 3.8) is 0 Å². The third-order valence-electron chi connectivity index (χ3n) is 6.17. The highest BCUT2D eigenvalue weighted by atomic mass is 16.5. The molecule has 1 aromatic carbocycles. The summed E-state index contributed by atoms with van der Waals surface area (Å²) in [6.07, 6.45) is 6.54. The largest absolute Gasteiger partial charge is 0.451 e. The van der Waals surface area contributed by atoms with Crippen molar-refractivity contribution >= 4 is 29.5 Å². The van der Waals surface area contributed by atoms with E-state index in [-0.39, 0.29) is 17.5 Å². The Morgan fingerprint density at radius 3 is 2.60 bits per heavy atom. The molecule has 1 aliphatic carbocycles. The van der Waals surface area contributed by atoms with Crippen molar-refractivity contribution in [1.82, 2.24) is 9.88 Å². The maximum absolute atomic E-state index is 12.7. The fourth-order valence-electron chi connectivity index (χ4n) is 4.35. The first kappa shape index (κ1) is 25.8. The molecule has 1 saturated carbocycles. The Morgan fingerprint density at radius 1 is 1.20 bits per heavy atom. The number of para-hydroxylation sites is 1. The van der Waals surface area contributed by atoms with Gasteiger partial charge in [-0.2, -0.15) is 5.26 Å². The Balaban J connectivity index is 1.62. The Hall–Kier alpha value is -3.86. The summed E-state index contributed by atoms with van der Waals surface area (Å²) < 4.78 is 7.21. The standard InChI is InChI=1S/C27H32N4O4/c1-4-13-31-18(2)14-20(19(31)3)15-21(16-28)27(34)35-17-25(32)30-24-12-8-7-11-23(24)26(33)29-22-9-5-6-10-22/h7-8,11-12,14-15,22H,4-6,9-10,13,17H2,1-3H3,(H,29,33)(H,30,32)/b21-15+. The van der Waals surface area contributed by atoms with E-state index >= 15 is 0 Å². The lowest BCUT2D eigenvalue weighted by Gasteiger charge is -2.15. The van der Waals surface area contributed by atoms with E-state index in [0.717, 1.165) is 55.6 Å². The molecule has 8 nitrogen and oxygen atoms in total. The molecule has 35 heavy (non-hydrogen) atoms. The first-order chi connectivity index (χ1) is 16.8. The van der Waals surface area contributed by atoms with Crippen LogP contribution in [-0.4, -0.2) is 35.0 Å². The summed E-state index contributed by atoms with van der Waals surface area (Å²) in [5.41, 5.74) is 3.25. The SMILES string of the molecule is CCCn1c(C)cc(/C=C(\C#N)C(=O)OCC(=O)Nc2ccccc2C(=O)NC2CCCC2)c1C. The number of esters is 1. The number of nitrogens with one attached hydrogen (secondary N) is 2. The molecule has 0 saturated heterocycles. The first-order valence-electron chi connectivity index (χ1n) is 12.0. The summed E-state index contributed by atoms with van der Waals surface area (Å²) in [5, 5.41) is 15.1. The molecule has 2 N–H and O–H groups in total. The molecular weight excluding hydrogens is 444 g/mol. The van der Waals surface area contributed by atoms with Crippen LogP contribution >= 0.6 is 0 Å². The number of amides is 2. The highest BCUT2D eigenvalue weighted by molar-refractivity contribution is 6.05. The molecule has 184 valence electrons. The van der Waals surface area contributed by atoms with Gasteiger partial charge in [-0.15, -0.1) is 0 Å². The highest BCUT2D eigenvalue weighted by Crippen LogP contribution is 2.21. The highest BCUT2D eigenvalue weighted by Gasteiger charge is 2.21. The van der Waals surface area contributed by atoms with E-state index in [4.69, 9.17) is 4.74 Å². The van der Waals surface area contributed by atoms with Crippen LogP contribution in [0.4, 0.5) is 5.69 Å². The third-order valence-corrected chi connectivity index (χ3v) is 6.17. The van der Waals surface area contributed by atoms with Crippen LogP contribution in [-0.2, 0) is 20.9 Å². The molecule has 2 amide bonds. The lowest BCUT2D eigenvalue weighted by atomic mass is 10.1. The smallest absolute Gasteiger partial charge is 0.349 e. The van der Waals surface area contributed by atoms with Gasteiger partial charge in [0.15, 0.2) is 6.61 Å². The molecule has 0 atom stereocenters. The van der Waals surface area contributed by atoms with E-state index in [2.05, 4.69) is 22.1 Å². The fraction of sp³-hybridized carbons (Fsp3) is 0.407. The van der Waals surface area contributed by atoms with E-state index in [0.29, 0.717) is 11.3 Å². The molecule has 8 heteroatoms. The Morgan fingerprint density at radius 2 is 1.91 bits per heavy atom. The number of ether oxygens (including phenoxy) is 1. The number of rotatable bonds is 9. The predicted octanol–water partition coefficient (Wildman–Crippen LogP) is 4.28. The number of hydrogen-bond acceptors (Lipinski definition) is 5. The molecule has 1 aromatic heterocycles. The zero-order valence-corrected chi connectivity index (χ0v) is 20.5. The second-order valence-corrected chi connectivity index (χ2v) is 8.77. The summed E-state index contributed by atoms with van der Waals surface area (Å²) in [5.74, 6) is -1.73. The molecule has 2 aromatic rings. The zero-order chi connectivity index (χ0) is 25.4. The van der Waals surface area contributed by atoms with Gasteiger partial charge in [-0.3, -0.25) is 9.59 Å². The van der Waals surface area contributed by atoms with Gasteiger partial charge in [-0.05, 0) is 62.9 Å². The number of aryl methyl sites for hydroxylation is 1. The van der Waals surface area contributed by atoms with E-state index < -0.39 is 18.5 Å². The lowest BCUT2D eigenvalue weighted by molar-refractivity contribution is -0.142. The van der Waals surface area contributed by atoms with Crippen LogP contribution in [0.25, 0.3) is 6.08 Å². The third kappa shape index (κ3) is 6.60. The summed E-state index contributed by atoms with van der Waals surface area (Å²) in [4.78, 5) is 37.6. The minimum absolute atomic E-state index is 0.148. The number of nitriles is 1. The molecule has 1 fully saturated rings. The van der Waals surface area contributed by atoms with Crippen LogP contribution in [0.2, 0.25) is 0 Å². The average Bonchev–Trinajstić information content (AvgIpc) is 3.45. The van der Waals surface area contributed by atoms with Gasteiger partial charge in [0.25, 0.3) is 11.8 Å². The number of aromatic nitrogens is 1. The van der Waals surface area contributed by atoms with Crippen molar-refractivity contribution in [3.05, 3.63) is 58.4 Å². The number of hydrogen-bond donors (Lipinski definition) is 2. The monoisotopic (exact) mass is 476 g/mol. The molecule has 1 aliphatic rings. The predicted molar refractivity (Wildman–Crippen MR) is 134 cm³/mol. The van der Waals surface area contributed by atoms with Gasteiger partial charge in [0, 0.05) is 24.0 Å². The normalized spacial score (nSPS) is 13.8. The van der Waals surface area contributed by atoms with Crippen molar-refractivity contribution in [2.45, 2.75) is 65.5 Å². The summed E-state index contributed by atoms with van der Waals surface area (Å²) >= 11 is 0. The van der Waals surface area contributed by atoms with Crippen LogP contribution < -0.4 is 10.6 Å². The minimum Gasteiger partial charge on any atom is -0.451 e.